The second-order valence-electron chi connectivity index (χ2n) is 7.15. The molecule has 0 aromatic heterocycles. The van der Waals surface area contributed by atoms with Crippen molar-refractivity contribution >= 4 is 17.4 Å². The number of likely N-dealkylation sites (tertiary alicyclic amines) is 1. The minimum atomic E-state index is -0.783. The minimum absolute atomic E-state index is 0.0193. The average Bonchev–Trinajstić information content (AvgIpc) is 3.04. The highest BCUT2D eigenvalue weighted by molar-refractivity contribution is 6.46. The van der Waals surface area contributed by atoms with E-state index < -0.39 is 23.5 Å². The van der Waals surface area contributed by atoms with Crippen LogP contribution < -0.4 is 0 Å². The highest BCUT2D eigenvalue weighted by atomic mass is 19.1. The third-order valence-electron chi connectivity index (χ3n) is 5.26. The molecule has 0 bridgehead atoms. The molecular weight excluding hydrogens is 381 g/mol. The van der Waals surface area contributed by atoms with E-state index in [1.165, 1.54) is 17.0 Å². The van der Waals surface area contributed by atoms with E-state index in [9.17, 15) is 19.1 Å². The molecule has 1 atom stereocenters. The van der Waals surface area contributed by atoms with E-state index in [1.807, 2.05) is 30.3 Å². The number of aliphatic hydroxyl groups excluding tert-OH is 1. The van der Waals surface area contributed by atoms with E-state index in [-0.39, 0.29) is 11.3 Å². The number of carbonyl (C=O) groups is 2. The molecular formula is C25H20FNO3. The summed E-state index contributed by atoms with van der Waals surface area (Å²) in [6.45, 7) is 0.294. The second-order valence-corrected chi connectivity index (χ2v) is 7.15. The van der Waals surface area contributed by atoms with Crippen LogP contribution in [-0.4, -0.2) is 28.2 Å². The highest BCUT2D eigenvalue weighted by Gasteiger charge is 2.45. The van der Waals surface area contributed by atoms with E-state index in [0.29, 0.717) is 24.1 Å². The number of aliphatic hydroxyl groups is 1. The number of hydrogen-bond donors (Lipinski definition) is 1. The van der Waals surface area contributed by atoms with Gasteiger partial charge >= 0.3 is 0 Å². The summed E-state index contributed by atoms with van der Waals surface area (Å²) < 4.78 is 13.5. The van der Waals surface area contributed by atoms with Gasteiger partial charge in [0, 0.05) is 12.1 Å². The maximum Gasteiger partial charge on any atom is 0.295 e. The average molecular weight is 401 g/mol. The summed E-state index contributed by atoms with van der Waals surface area (Å²) in [6, 6.07) is 23.1. The van der Waals surface area contributed by atoms with Crippen LogP contribution in [-0.2, 0) is 16.0 Å². The Bertz CT molecular complexity index is 1090. The van der Waals surface area contributed by atoms with E-state index >= 15 is 0 Å². The Hall–Kier alpha value is -3.73. The standard InChI is InChI=1S/C25H20FNO3/c26-20-13-11-18(12-14-20)22-21(23(28)19-9-5-2-6-10-19)24(29)25(30)27(22)16-15-17-7-3-1-4-8-17/h1-14,22,28H,15-16H2/t22-/m1/s1. The Kier molecular flexibility index (Phi) is 5.44. The van der Waals surface area contributed by atoms with Crippen LogP contribution >= 0.6 is 0 Å². The number of rotatable bonds is 5. The van der Waals surface area contributed by atoms with Crippen molar-refractivity contribution in [1.29, 1.82) is 0 Å². The zero-order chi connectivity index (χ0) is 21.1. The molecule has 0 saturated carbocycles. The molecule has 1 aliphatic heterocycles. The molecule has 1 N–H and O–H groups in total. The van der Waals surface area contributed by atoms with Crippen molar-refractivity contribution in [2.75, 3.05) is 6.54 Å². The normalized spacial score (nSPS) is 18.0. The lowest BCUT2D eigenvalue weighted by Crippen LogP contribution is -2.31. The molecule has 1 amide bonds. The summed E-state index contributed by atoms with van der Waals surface area (Å²) in [5, 5.41) is 10.9. The van der Waals surface area contributed by atoms with Gasteiger partial charge in [-0.05, 0) is 29.7 Å². The van der Waals surface area contributed by atoms with Crippen molar-refractivity contribution in [3.8, 4) is 0 Å². The van der Waals surface area contributed by atoms with Gasteiger partial charge in [-0.15, -0.1) is 0 Å². The SMILES string of the molecule is O=C1C(=O)N(CCc2ccccc2)[C@H](c2ccc(F)cc2)C1=C(O)c1ccccc1. The highest BCUT2D eigenvalue weighted by Crippen LogP contribution is 2.39. The number of halogens is 1. The zero-order valence-corrected chi connectivity index (χ0v) is 16.2. The van der Waals surface area contributed by atoms with Crippen LogP contribution in [0.3, 0.4) is 0 Å². The lowest BCUT2D eigenvalue weighted by Gasteiger charge is -2.25. The van der Waals surface area contributed by atoms with Crippen LogP contribution in [0, 0.1) is 5.82 Å². The van der Waals surface area contributed by atoms with Crippen molar-refractivity contribution in [2.24, 2.45) is 0 Å². The van der Waals surface area contributed by atoms with Gasteiger partial charge in [-0.3, -0.25) is 9.59 Å². The predicted molar refractivity (Wildman–Crippen MR) is 112 cm³/mol. The first-order chi connectivity index (χ1) is 14.6. The largest absolute Gasteiger partial charge is 0.507 e. The van der Waals surface area contributed by atoms with E-state index in [4.69, 9.17) is 0 Å². The third kappa shape index (κ3) is 3.74. The topological polar surface area (TPSA) is 57.6 Å². The minimum Gasteiger partial charge on any atom is -0.507 e. The van der Waals surface area contributed by atoms with Gasteiger partial charge in [0.2, 0.25) is 0 Å². The first kappa shape index (κ1) is 19.6. The van der Waals surface area contributed by atoms with Crippen molar-refractivity contribution in [2.45, 2.75) is 12.5 Å². The summed E-state index contributed by atoms with van der Waals surface area (Å²) >= 11 is 0. The van der Waals surface area contributed by atoms with Gasteiger partial charge in [0.1, 0.15) is 11.6 Å². The van der Waals surface area contributed by atoms with Crippen LogP contribution in [0.1, 0.15) is 22.7 Å². The Balaban J connectivity index is 1.78. The Morgan fingerprint density at radius 1 is 0.867 bits per heavy atom. The van der Waals surface area contributed by atoms with E-state index in [2.05, 4.69) is 0 Å². The molecule has 3 aromatic carbocycles. The van der Waals surface area contributed by atoms with E-state index in [0.717, 1.165) is 5.56 Å². The maximum absolute atomic E-state index is 13.5. The fourth-order valence-corrected chi connectivity index (χ4v) is 3.75. The molecule has 5 heteroatoms. The van der Waals surface area contributed by atoms with Gasteiger partial charge in [0.15, 0.2) is 0 Å². The monoisotopic (exact) mass is 401 g/mol. The molecule has 150 valence electrons. The molecule has 0 spiro atoms. The lowest BCUT2D eigenvalue weighted by molar-refractivity contribution is -0.139. The van der Waals surface area contributed by atoms with Crippen molar-refractivity contribution in [3.05, 3.63) is 113 Å². The van der Waals surface area contributed by atoms with Crippen molar-refractivity contribution < 1.29 is 19.1 Å². The van der Waals surface area contributed by atoms with E-state index in [1.54, 1.807) is 42.5 Å². The van der Waals surface area contributed by atoms with Crippen molar-refractivity contribution in [1.82, 2.24) is 4.90 Å². The fourth-order valence-electron chi connectivity index (χ4n) is 3.75. The second kappa shape index (κ2) is 8.33. The van der Waals surface area contributed by atoms with Gasteiger partial charge < -0.3 is 10.0 Å². The molecule has 30 heavy (non-hydrogen) atoms. The van der Waals surface area contributed by atoms with Crippen LogP contribution in [0.25, 0.3) is 5.76 Å². The third-order valence-corrected chi connectivity index (χ3v) is 5.26. The predicted octanol–water partition coefficient (Wildman–Crippen LogP) is 4.49. The maximum atomic E-state index is 13.5. The molecule has 0 aliphatic carbocycles. The van der Waals surface area contributed by atoms with Crippen molar-refractivity contribution in [3.63, 3.8) is 0 Å². The number of carbonyl (C=O) groups excluding carboxylic acids is 2. The molecule has 1 aliphatic rings. The van der Waals surface area contributed by atoms with Gasteiger partial charge in [-0.2, -0.15) is 0 Å². The van der Waals surface area contributed by atoms with Gasteiger partial charge in [0.25, 0.3) is 11.7 Å². The first-order valence-electron chi connectivity index (χ1n) is 9.69. The molecule has 0 unspecified atom stereocenters. The number of ketones is 1. The number of nitrogens with zero attached hydrogens (tertiary/aromatic N) is 1. The smallest absolute Gasteiger partial charge is 0.295 e. The van der Waals surface area contributed by atoms with Crippen LogP contribution in [0.4, 0.5) is 4.39 Å². The molecule has 1 heterocycles. The summed E-state index contributed by atoms with van der Waals surface area (Å²) in [5.41, 5.74) is 2.07. The molecule has 4 rings (SSSR count). The summed E-state index contributed by atoms with van der Waals surface area (Å²) in [7, 11) is 0. The summed E-state index contributed by atoms with van der Waals surface area (Å²) in [4.78, 5) is 27.2. The van der Waals surface area contributed by atoms with Crippen LogP contribution in [0.15, 0.2) is 90.5 Å². The number of Topliss-reactive ketones (excluding diaryl/α,β-unsaturated/α-hetero) is 1. The summed E-state index contributed by atoms with van der Waals surface area (Å²) in [6.07, 6.45) is 0.553. The van der Waals surface area contributed by atoms with Crippen LogP contribution in [0.5, 0.6) is 0 Å². The molecule has 1 fully saturated rings. The molecule has 3 aromatic rings. The Labute approximate surface area is 173 Å². The lowest BCUT2D eigenvalue weighted by atomic mass is 9.95. The Morgan fingerprint density at radius 2 is 1.47 bits per heavy atom. The number of benzene rings is 3. The first-order valence-corrected chi connectivity index (χ1v) is 9.69. The zero-order valence-electron chi connectivity index (χ0n) is 16.2. The van der Waals surface area contributed by atoms with Gasteiger partial charge in [0.05, 0.1) is 11.6 Å². The van der Waals surface area contributed by atoms with Gasteiger partial charge in [-0.1, -0.05) is 72.8 Å². The molecule has 0 radical (unpaired) electrons. The number of amides is 1. The van der Waals surface area contributed by atoms with Gasteiger partial charge in [-0.25, -0.2) is 4.39 Å². The molecule has 4 nitrogen and oxygen atoms in total. The summed E-state index contributed by atoms with van der Waals surface area (Å²) in [5.74, 6) is -2.05. The number of hydrogen-bond acceptors (Lipinski definition) is 3. The van der Waals surface area contributed by atoms with Crippen LogP contribution in [0.2, 0.25) is 0 Å². The fraction of sp³-hybridized carbons (Fsp3) is 0.120. The quantitative estimate of drug-likeness (QED) is 0.389. The Morgan fingerprint density at radius 3 is 2.10 bits per heavy atom. The molecule has 1 saturated heterocycles.